The molecule has 0 radical (unpaired) electrons. The molecule has 2 rings (SSSR count). The first-order chi connectivity index (χ1) is 12.2. The molecular weight excluding hydrogens is 341 g/mol. The van der Waals surface area contributed by atoms with Crippen LogP contribution in [0.15, 0.2) is 24.3 Å². The Kier molecular flexibility index (Phi) is 6.03. The van der Waals surface area contributed by atoms with Crippen LogP contribution in [-0.4, -0.2) is 30.0 Å². The van der Waals surface area contributed by atoms with Crippen molar-refractivity contribution in [2.45, 2.75) is 85.2 Å². The number of hydrogen-bond donors (Lipinski definition) is 1. The van der Waals surface area contributed by atoms with Crippen LogP contribution in [0, 0.1) is 5.92 Å². The Labute approximate surface area is 164 Å². The fourth-order valence-electron chi connectivity index (χ4n) is 2.91. The number of rotatable bonds is 4. The lowest BCUT2D eigenvalue weighted by molar-refractivity contribution is 0.00578. The van der Waals surface area contributed by atoms with Gasteiger partial charge in [-0.25, -0.2) is 4.79 Å². The van der Waals surface area contributed by atoms with Crippen molar-refractivity contribution in [3.05, 3.63) is 29.8 Å². The van der Waals surface area contributed by atoms with Crippen LogP contribution in [0.5, 0.6) is 0 Å². The van der Waals surface area contributed by atoms with E-state index in [0.29, 0.717) is 0 Å². The number of ether oxygens (including phenoxy) is 1. The molecule has 1 heterocycles. The summed E-state index contributed by atoms with van der Waals surface area (Å²) in [5.74, 6) is 0.222. The first-order valence-corrected chi connectivity index (χ1v) is 9.67. The zero-order valence-corrected chi connectivity index (χ0v) is 18.2. The van der Waals surface area contributed by atoms with Crippen LogP contribution in [0.1, 0.15) is 73.9 Å². The lowest BCUT2D eigenvalue weighted by Crippen LogP contribution is -2.41. The van der Waals surface area contributed by atoms with Gasteiger partial charge >= 0.3 is 13.2 Å². The number of alkyl carbamates (subject to hydrolysis) is 1. The topological polar surface area (TPSA) is 56.8 Å². The summed E-state index contributed by atoms with van der Waals surface area (Å²) in [5.41, 5.74) is 0.740. The molecule has 0 aliphatic carbocycles. The van der Waals surface area contributed by atoms with E-state index in [0.717, 1.165) is 11.0 Å². The molecule has 0 spiro atoms. The number of amides is 1. The molecule has 150 valence electrons. The second-order valence-electron chi connectivity index (χ2n) is 9.62. The third kappa shape index (κ3) is 5.26. The highest BCUT2D eigenvalue weighted by Crippen LogP contribution is 2.36. The van der Waals surface area contributed by atoms with Gasteiger partial charge in [0.2, 0.25) is 0 Å². The molecule has 1 aliphatic heterocycles. The average molecular weight is 375 g/mol. The zero-order chi connectivity index (χ0) is 20.6. The van der Waals surface area contributed by atoms with Gasteiger partial charge in [0.05, 0.1) is 17.2 Å². The monoisotopic (exact) mass is 375 g/mol. The Morgan fingerprint density at radius 1 is 1.04 bits per heavy atom. The molecule has 1 saturated heterocycles. The normalized spacial score (nSPS) is 19.9. The maximum atomic E-state index is 12.2. The van der Waals surface area contributed by atoms with Gasteiger partial charge in [-0.1, -0.05) is 38.1 Å². The van der Waals surface area contributed by atoms with Gasteiger partial charge in [-0.3, -0.25) is 0 Å². The van der Waals surface area contributed by atoms with E-state index in [1.807, 2.05) is 72.7 Å². The Morgan fingerprint density at radius 3 is 1.93 bits per heavy atom. The highest BCUT2D eigenvalue weighted by molar-refractivity contribution is 6.62. The van der Waals surface area contributed by atoms with Crippen molar-refractivity contribution in [3.8, 4) is 0 Å². The van der Waals surface area contributed by atoms with Gasteiger partial charge in [0.1, 0.15) is 5.60 Å². The number of benzene rings is 1. The number of carbonyl (C=O) groups is 1. The van der Waals surface area contributed by atoms with Gasteiger partial charge in [-0.05, 0) is 65.4 Å². The standard InChI is InChI=1S/C21H34BNO4/c1-14(2)17(23-18(24)25-19(3,4)5)15-10-12-16(13-11-15)22-26-20(6,7)21(8,9)27-22/h10-14,17H,1-9H3,(H,23,24). The van der Waals surface area contributed by atoms with E-state index in [1.165, 1.54) is 0 Å². The van der Waals surface area contributed by atoms with E-state index in [4.69, 9.17) is 14.0 Å². The molecule has 1 atom stereocenters. The van der Waals surface area contributed by atoms with Gasteiger partial charge < -0.3 is 19.4 Å². The predicted molar refractivity (Wildman–Crippen MR) is 109 cm³/mol. The summed E-state index contributed by atoms with van der Waals surface area (Å²) in [6.07, 6.45) is -0.406. The summed E-state index contributed by atoms with van der Waals surface area (Å²) in [7, 11) is -0.389. The molecule has 1 fully saturated rings. The smallest absolute Gasteiger partial charge is 0.444 e. The third-order valence-electron chi connectivity index (χ3n) is 5.16. The average Bonchev–Trinajstić information content (AvgIpc) is 2.71. The highest BCUT2D eigenvalue weighted by Gasteiger charge is 2.51. The molecule has 1 aliphatic rings. The van der Waals surface area contributed by atoms with Crippen molar-refractivity contribution < 1.29 is 18.8 Å². The summed E-state index contributed by atoms with van der Waals surface area (Å²) >= 11 is 0. The lowest BCUT2D eigenvalue weighted by Gasteiger charge is -2.32. The SMILES string of the molecule is CC(C)C(NC(=O)OC(C)(C)C)c1ccc(B2OC(C)(C)C(C)(C)O2)cc1. The van der Waals surface area contributed by atoms with Crippen molar-refractivity contribution in [2.75, 3.05) is 0 Å². The number of hydrogen-bond acceptors (Lipinski definition) is 4. The Morgan fingerprint density at radius 2 is 1.52 bits per heavy atom. The highest BCUT2D eigenvalue weighted by atomic mass is 16.7. The molecule has 0 bridgehead atoms. The van der Waals surface area contributed by atoms with Crippen LogP contribution >= 0.6 is 0 Å². The van der Waals surface area contributed by atoms with Gasteiger partial charge in [0, 0.05) is 0 Å². The second-order valence-corrected chi connectivity index (χ2v) is 9.62. The van der Waals surface area contributed by atoms with Gasteiger partial charge in [0.25, 0.3) is 0 Å². The summed E-state index contributed by atoms with van der Waals surface area (Å²) in [6, 6.07) is 7.91. The fraction of sp³-hybridized carbons (Fsp3) is 0.667. The van der Waals surface area contributed by atoms with E-state index in [9.17, 15) is 4.79 Å². The first-order valence-electron chi connectivity index (χ1n) is 9.67. The lowest BCUT2D eigenvalue weighted by atomic mass is 9.78. The van der Waals surface area contributed by atoms with Crippen LogP contribution < -0.4 is 10.8 Å². The van der Waals surface area contributed by atoms with Crippen LogP contribution in [0.3, 0.4) is 0 Å². The molecule has 0 aromatic heterocycles. The molecular formula is C21H34BNO4. The van der Waals surface area contributed by atoms with Crippen LogP contribution in [0.25, 0.3) is 0 Å². The van der Waals surface area contributed by atoms with Crippen LogP contribution in [0.2, 0.25) is 0 Å². The van der Waals surface area contributed by atoms with Crippen molar-refractivity contribution in [3.63, 3.8) is 0 Å². The number of nitrogens with one attached hydrogen (secondary N) is 1. The van der Waals surface area contributed by atoms with Gasteiger partial charge in [-0.15, -0.1) is 0 Å². The molecule has 1 aromatic rings. The van der Waals surface area contributed by atoms with E-state index < -0.39 is 11.7 Å². The quantitative estimate of drug-likeness (QED) is 0.801. The van der Waals surface area contributed by atoms with Crippen molar-refractivity contribution in [2.24, 2.45) is 5.92 Å². The second kappa shape index (κ2) is 7.48. The van der Waals surface area contributed by atoms with E-state index in [2.05, 4.69) is 19.2 Å². The van der Waals surface area contributed by atoms with Gasteiger partial charge in [0.15, 0.2) is 0 Å². The van der Waals surface area contributed by atoms with Gasteiger partial charge in [-0.2, -0.15) is 0 Å². The molecule has 1 amide bonds. The maximum absolute atomic E-state index is 12.2. The summed E-state index contributed by atoms with van der Waals surface area (Å²) in [5, 5.41) is 2.98. The minimum Gasteiger partial charge on any atom is -0.444 e. The molecule has 1 N–H and O–H groups in total. The number of carbonyl (C=O) groups excluding carboxylic acids is 1. The van der Waals surface area contributed by atoms with Crippen LogP contribution in [-0.2, 0) is 14.0 Å². The van der Waals surface area contributed by atoms with E-state index in [1.54, 1.807) is 0 Å². The minimum absolute atomic E-state index is 0.132. The maximum Gasteiger partial charge on any atom is 0.494 e. The fourth-order valence-corrected chi connectivity index (χ4v) is 2.91. The third-order valence-corrected chi connectivity index (χ3v) is 5.16. The zero-order valence-electron chi connectivity index (χ0n) is 18.2. The summed E-state index contributed by atoms with van der Waals surface area (Å²) in [6.45, 7) is 17.9. The molecule has 1 aromatic carbocycles. The summed E-state index contributed by atoms with van der Waals surface area (Å²) < 4.78 is 17.6. The largest absolute Gasteiger partial charge is 0.494 e. The van der Waals surface area contributed by atoms with Crippen LogP contribution in [0.4, 0.5) is 4.79 Å². The molecule has 6 heteroatoms. The Hall–Kier alpha value is -1.53. The predicted octanol–water partition coefficient (Wildman–Crippen LogP) is 4.21. The minimum atomic E-state index is -0.522. The molecule has 5 nitrogen and oxygen atoms in total. The first kappa shape index (κ1) is 21.8. The molecule has 1 unspecified atom stereocenters. The van der Waals surface area contributed by atoms with E-state index in [-0.39, 0.29) is 30.3 Å². The molecule has 0 saturated carbocycles. The Bertz CT molecular complexity index is 646. The van der Waals surface area contributed by atoms with Crippen molar-refractivity contribution in [1.82, 2.24) is 5.32 Å². The summed E-state index contributed by atoms with van der Waals surface area (Å²) in [4.78, 5) is 12.2. The molecule has 27 heavy (non-hydrogen) atoms. The van der Waals surface area contributed by atoms with Crippen molar-refractivity contribution >= 4 is 18.7 Å². The Balaban J connectivity index is 2.13. The van der Waals surface area contributed by atoms with E-state index >= 15 is 0 Å². The van der Waals surface area contributed by atoms with Crippen molar-refractivity contribution in [1.29, 1.82) is 0 Å².